The van der Waals surface area contributed by atoms with Gasteiger partial charge in [-0.1, -0.05) is 67.6 Å². The van der Waals surface area contributed by atoms with Gasteiger partial charge in [-0.15, -0.1) is 0 Å². The van der Waals surface area contributed by atoms with Crippen molar-refractivity contribution in [2.24, 2.45) is 5.92 Å². The molecule has 6 rings (SSSR count). The lowest BCUT2D eigenvalue weighted by Crippen LogP contribution is -2.38. The zero-order chi connectivity index (χ0) is 24.9. The maximum atomic E-state index is 13.3. The highest BCUT2D eigenvalue weighted by Gasteiger charge is 2.28. The Labute approximate surface area is 211 Å². The Bertz CT molecular complexity index is 1460. The Hall–Kier alpha value is -3.98. The standard InChI is InChI=1S/C27H23FO.C6H7N/c1-2-17-15-20(27(29)19-7-10-21(28)11-8-19)16-26-23(17)13-14-24-22-6-4-3-5-18(22)9-12-25(24)26;1-2-4-6-7-5-3-1/h3-8,10-14,16-17,20H,2,9,15H2,1H3;1-7H. The largest absolute Gasteiger partial charge is 0.368 e. The highest BCUT2D eigenvalue weighted by molar-refractivity contribution is 6.01. The van der Waals surface area contributed by atoms with Crippen LogP contribution in [0.5, 0.6) is 0 Å². The van der Waals surface area contributed by atoms with Gasteiger partial charge in [0.25, 0.3) is 0 Å². The maximum Gasteiger partial charge on any atom is 0.169 e. The van der Waals surface area contributed by atoms with E-state index in [0.717, 1.165) is 19.3 Å². The second kappa shape index (κ2) is 10.7. The van der Waals surface area contributed by atoms with E-state index in [1.807, 2.05) is 36.7 Å². The molecule has 3 aromatic carbocycles. The monoisotopic (exact) mass is 475 g/mol. The third-order valence-corrected chi connectivity index (χ3v) is 7.18. The smallest absolute Gasteiger partial charge is 0.169 e. The summed E-state index contributed by atoms with van der Waals surface area (Å²) in [6, 6.07) is 19.0. The first kappa shape index (κ1) is 23.7. The number of hydrogen-bond acceptors (Lipinski definition) is 2. The molecule has 2 nitrogen and oxygen atoms in total. The summed E-state index contributed by atoms with van der Waals surface area (Å²) in [6.07, 6.45) is 18.8. The van der Waals surface area contributed by atoms with Gasteiger partial charge in [0.1, 0.15) is 5.82 Å². The molecular weight excluding hydrogens is 445 g/mol. The van der Waals surface area contributed by atoms with Crippen LogP contribution in [-0.4, -0.2) is 5.78 Å². The van der Waals surface area contributed by atoms with Crippen molar-refractivity contribution < 1.29 is 9.18 Å². The van der Waals surface area contributed by atoms with Crippen LogP contribution in [0.1, 0.15) is 47.2 Å². The molecule has 2 atom stereocenters. The summed E-state index contributed by atoms with van der Waals surface area (Å²) in [5, 5.41) is 5.40. The van der Waals surface area contributed by atoms with Crippen LogP contribution in [0.25, 0.3) is 23.3 Å². The fraction of sp³-hybridized carbons (Fsp3) is 0.182. The molecule has 36 heavy (non-hydrogen) atoms. The molecule has 0 saturated heterocycles. The summed E-state index contributed by atoms with van der Waals surface area (Å²) in [4.78, 5) is 13.2. The highest BCUT2D eigenvalue weighted by Crippen LogP contribution is 2.32. The molecule has 3 aromatic rings. The van der Waals surface area contributed by atoms with Gasteiger partial charge in [-0.25, -0.2) is 4.39 Å². The van der Waals surface area contributed by atoms with Gasteiger partial charge in [0.05, 0.1) is 0 Å². The van der Waals surface area contributed by atoms with Gasteiger partial charge in [0, 0.05) is 23.9 Å². The number of allylic oxidation sites excluding steroid dienone is 4. The van der Waals surface area contributed by atoms with Crippen LogP contribution in [0.2, 0.25) is 0 Å². The lowest BCUT2D eigenvalue weighted by molar-refractivity contribution is 0.0942. The fourth-order valence-corrected chi connectivity index (χ4v) is 5.33. The van der Waals surface area contributed by atoms with E-state index in [4.69, 9.17) is 0 Å². The number of ketones is 1. The first-order chi connectivity index (χ1) is 17.7. The molecule has 0 bridgehead atoms. The first-order valence-corrected chi connectivity index (χ1v) is 12.6. The molecule has 2 aliphatic carbocycles. The summed E-state index contributed by atoms with van der Waals surface area (Å²) in [5.74, 6) is -0.0357. The normalized spacial score (nSPS) is 18.6. The van der Waals surface area contributed by atoms with Crippen molar-refractivity contribution in [3.8, 4) is 11.1 Å². The Kier molecular flexibility index (Phi) is 7.08. The van der Waals surface area contributed by atoms with E-state index in [9.17, 15) is 9.18 Å². The van der Waals surface area contributed by atoms with Gasteiger partial charge < -0.3 is 5.32 Å². The van der Waals surface area contributed by atoms with Gasteiger partial charge in [-0.2, -0.15) is 0 Å². The number of halogens is 1. The van der Waals surface area contributed by atoms with E-state index in [-0.39, 0.29) is 17.5 Å². The molecule has 0 radical (unpaired) electrons. The molecule has 0 spiro atoms. The maximum absolute atomic E-state index is 13.3. The van der Waals surface area contributed by atoms with Crippen LogP contribution in [-0.2, 0) is 6.42 Å². The number of rotatable bonds is 3. The lowest BCUT2D eigenvalue weighted by atomic mass is 9.76. The molecule has 3 heteroatoms. The molecular formula is C33H30FNO. The van der Waals surface area contributed by atoms with Crippen molar-refractivity contribution in [3.05, 3.63) is 130 Å². The third kappa shape index (κ3) is 4.87. The number of carbonyl (C=O) groups excluding carboxylic acids is 1. The van der Waals surface area contributed by atoms with E-state index < -0.39 is 0 Å². The van der Waals surface area contributed by atoms with Crippen LogP contribution in [0.3, 0.4) is 0 Å². The predicted octanol–water partition coefficient (Wildman–Crippen LogP) is 6.18. The minimum atomic E-state index is -0.312. The molecule has 0 aromatic heterocycles. The quantitative estimate of drug-likeness (QED) is 0.459. The Balaban J connectivity index is 0.000000330. The van der Waals surface area contributed by atoms with E-state index >= 15 is 0 Å². The zero-order valence-corrected chi connectivity index (χ0v) is 20.5. The molecule has 1 aliphatic heterocycles. The average Bonchev–Trinajstić information content (AvgIpc) is 3.26. The fourth-order valence-electron chi connectivity index (χ4n) is 5.33. The lowest BCUT2D eigenvalue weighted by Gasteiger charge is -2.27. The summed E-state index contributed by atoms with van der Waals surface area (Å²) < 4.78 is 13.3. The number of nitrogens with one attached hydrogen (secondary N) is 1. The van der Waals surface area contributed by atoms with Crippen molar-refractivity contribution in [1.82, 2.24) is 5.32 Å². The van der Waals surface area contributed by atoms with Crippen molar-refractivity contribution in [2.75, 3.05) is 0 Å². The van der Waals surface area contributed by atoms with E-state index in [2.05, 4.69) is 60.8 Å². The number of Topliss-reactive ketones (excluding diaryl/α,β-unsaturated/α-hetero) is 1. The van der Waals surface area contributed by atoms with E-state index in [0.29, 0.717) is 11.5 Å². The minimum Gasteiger partial charge on any atom is -0.368 e. The van der Waals surface area contributed by atoms with Gasteiger partial charge in [-0.3, -0.25) is 4.79 Å². The summed E-state index contributed by atoms with van der Waals surface area (Å²) >= 11 is 0. The molecule has 180 valence electrons. The van der Waals surface area contributed by atoms with Crippen LogP contribution in [0.4, 0.5) is 4.39 Å². The molecule has 2 unspecified atom stereocenters. The van der Waals surface area contributed by atoms with Crippen LogP contribution in [0, 0.1) is 11.7 Å². The zero-order valence-electron chi connectivity index (χ0n) is 20.5. The molecule has 0 fully saturated rings. The number of hydrogen-bond donors (Lipinski definition) is 1. The predicted molar refractivity (Wildman–Crippen MR) is 146 cm³/mol. The minimum absolute atomic E-state index is 0.0860. The summed E-state index contributed by atoms with van der Waals surface area (Å²) in [5.41, 5.74) is 5.84. The average molecular weight is 476 g/mol. The second-order valence-electron chi connectivity index (χ2n) is 9.35. The SMILES string of the molecule is C1=CC=CNC=C1.CCC1CC(C(=O)c2ccc(F)cc2)C=c2c1ccc1c2=CCc2ccccc2-1. The Morgan fingerprint density at radius 2 is 1.64 bits per heavy atom. The Morgan fingerprint density at radius 1 is 0.889 bits per heavy atom. The molecule has 0 amide bonds. The number of carbonyl (C=O) groups is 1. The third-order valence-electron chi connectivity index (χ3n) is 7.18. The molecule has 1 N–H and O–H groups in total. The molecule has 3 aliphatic rings. The van der Waals surface area contributed by atoms with Crippen LogP contribution in [0.15, 0.2) is 97.4 Å². The van der Waals surface area contributed by atoms with Gasteiger partial charge in [0.15, 0.2) is 5.78 Å². The highest BCUT2D eigenvalue weighted by atomic mass is 19.1. The number of benzene rings is 3. The van der Waals surface area contributed by atoms with Crippen molar-refractivity contribution in [1.29, 1.82) is 0 Å². The van der Waals surface area contributed by atoms with Gasteiger partial charge in [-0.05, 0) is 94.3 Å². The summed E-state index contributed by atoms with van der Waals surface area (Å²) in [7, 11) is 0. The summed E-state index contributed by atoms with van der Waals surface area (Å²) in [6.45, 7) is 2.19. The van der Waals surface area contributed by atoms with Gasteiger partial charge in [0.2, 0.25) is 0 Å². The van der Waals surface area contributed by atoms with Crippen molar-refractivity contribution >= 4 is 17.9 Å². The second-order valence-corrected chi connectivity index (χ2v) is 9.35. The van der Waals surface area contributed by atoms with Crippen LogP contribution >= 0.6 is 0 Å². The first-order valence-electron chi connectivity index (χ1n) is 12.6. The van der Waals surface area contributed by atoms with Crippen molar-refractivity contribution in [3.63, 3.8) is 0 Å². The van der Waals surface area contributed by atoms with E-state index in [1.165, 1.54) is 44.8 Å². The topological polar surface area (TPSA) is 29.1 Å². The Morgan fingerprint density at radius 3 is 2.39 bits per heavy atom. The van der Waals surface area contributed by atoms with Crippen molar-refractivity contribution in [2.45, 2.75) is 32.1 Å². The molecule has 1 heterocycles. The van der Waals surface area contributed by atoms with Crippen LogP contribution < -0.4 is 15.8 Å². The number of fused-ring (bicyclic) bond motifs is 5. The van der Waals surface area contributed by atoms with Gasteiger partial charge >= 0.3 is 0 Å². The molecule has 0 saturated carbocycles. The van der Waals surface area contributed by atoms with E-state index in [1.54, 1.807) is 12.1 Å².